The molecule has 76 valence electrons. The molecular weight excluding hydrogens is 253 g/mol. The Balaban J connectivity index is 0.00000144. The Bertz CT molecular complexity index is 250. The van der Waals surface area contributed by atoms with Crippen molar-refractivity contribution in [3.63, 3.8) is 0 Å². The third-order valence-corrected chi connectivity index (χ3v) is 2.24. The second kappa shape index (κ2) is 6.40. The number of aryl methyl sites for hydroxylation is 1. The summed E-state index contributed by atoms with van der Waals surface area (Å²) in [6.45, 7) is 4.04. The molecule has 0 fully saturated rings. The lowest BCUT2D eigenvalue weighted by atomic mass is 10.4. The van der Waals surface area contributed by atoms with Crippen LogP contribution in [0.25, 0.3) is 0 Å². The Morgan fingerprint density at radius 2 is 2.31 bits per heavy atom. The molecule has 0 saturated carbocycles. The number of aromatic nitrogens is 2. The molecule has 0 spiro atoms. The molecule has 0 aliphatic carbocycles. The van der Waals surface area contributed by atoms with Gasteiger partial charge in [-0.2, -0.15) is 5.10 Å². The standard InChI is InChI=1S/C8H14BrN3.ClH/c1-3-4-10-5-8-7(9)6-12(2)11-8;/h6,10H,3-5H2,1-2H3;1H. The monoisotopic (exact) mass is 267 g/mol. The third-order valence-electron chi connectivity index (χ3n) is 1.57. The van der Waals surface area contributed by atoms with Gasteiger partial charge in [-0.3, -0.25) is 4.68 Å². The van der Waals surface area contributed by atoms with Gasteiger partial charge in [-0.1, -0.05) is 6.92 Å². The highest BCUT2D eigenvalue weighted by molar-refractivity contribution is 9.10. The summed E-state index contributed by atoms with van der Waals surface area (Å²) in [6, 6.07) is 0. The van der Waals surface area contributed by atoms with E-state index in [0.29, 0.717) is 0 Å². The van der Waals surface area contributed by atoms with Crippen LogP contribution in [0.15, 0.2) is 10.7 Å². The Labute approximate surface area is 93.4 Å². The van der Waals surface area contributed by atoms with Gasteiger partial charge >= 0.3 is 0 Å². The van der Waals surface area contributed by atoms with Crippen molar-refractivity contribution in [2.24, 2.45) is 7.05 Å². The largest absolute Gasteiger partial charge is 0.311 e. The lowest BCUT2D eigenvalue weighted by Gasteiger charge is -1.98. The van der Waals surface area contributed by atoms with Crippen molar-refractivity contribution >= 4 is 28.3 Å². The molecule has 3 nitrogen and oxygen atoms in total. The quantitative estimate of drug-likeness (QED) is 0.848. The molecule has 0 bridgehead atoms. The van der Waals surface area contributed by atoms with Crippen molar-refractivity contribution in [3.05, 3.63) is 16.4 Å². The van der Waals surface area contributed by atoms with Crippen LogP contribution in [0.3, 0.4) is 0 Å². The van der Waals surface area contributed by atoms with Crippen molar-refractivity contribution in [1.82, 2.24) is 15.1 Å². The van der Waals surface area contributed by atoms with E-state index in [2.05, 4.69) is 33.3 Å². The fourth-order valence-corrected chi connectivity index (χ4v) is 1.52. The minimum atomic E-state index is 0. The van der Waals surface area contributed by atoms with Crippen LogP contribution in [0, 0.1) is 0 Å². The molecule has 1 rings (SSSR count). The summed E-state index contributed by atoms with van der Waals surface area (Å²) in [5, 5.41) is 7.59. The maximum Gasteiger partial charge on any atom is 0.0904 e. The maximum absolute atomic E-state index is 4.29. The van der Waals surface area contributed by atoms with E-state index >= 15 is 0 Å². The summed E-state index contributed by atoms with van der Waals surface area (Å²) in [7, 11) is 1.92. The molecule has 1 N–H and O–H groups in total. The first kappa shape index (κ1) is 12.9. The van der Waals surface area contributed by atoms with Crippen LogP contribution in [0.4, 0.5) is 0 Å². The Kier molecular flexibility index (Phi) is 6.37. The zero-order valence-corrected chi connectivity index (χ0v) is 10.3. The van der Waals surface area contributed by atoms with Crippen LogP contribution in [0.5, 0.6) is 0 Å². The molecule has 1 aromatic rings. The minimum absolute atomic E-state index is 0. The topological polar surface area (TPSA) is 29.9 Å². The number of nitrogens with zero attached hydrogens (tertiary/aromatic N) is 2. The van der Waals surface area contributed by atoms with Gasteiger partial charge in [0, 0.05) is 19.8 Å². The molecule has 0 aliphatic heterocycles. The van der Waals surface area contributed by atoms with Crippen molar-refractivity contribution in [2.75, 3.05) is 6.54 Å². The van der Waals surface area contributed by atoms with Crippen LogP contribution in [-0.2, 0) is 13.6 Å². The summed E-state index contributed by atoms with van der Waals surface area (Å²) in [5.74, 6) is 0. The van der Waals surface area contributed by atoms with Gasteiger partial charge < -0.3 is 5.32 Å². The van der Waals surface area contributed by atoms with Gasteiger partial charge in [0.25, 0.3) is 0 Å². The average Bonchev–Trinajstić information content (AvgIpc) is 2.31. The molecule has 13 heavy (non-hydrogen) atoms. The second-order valence-electron chi connectivity index (χ2n) is 2.77. The number of nitrogens with one attached hydrogen (secondary N) is 1. The second-order valence-corrected chi connectivity index (χ2v) is 3.63. The summed E-state index contributed by atoms with van der Waals surface area (Å²) < 4.78 is 2.89. The van der Waals surface area contributed by atoms with E-state index in [-0.39, 0.29) is 12.4 Å². The average molecular weight is 269 g/mol. The highest BCUT2D eigenvalue weighted by atomic mass is 79.9. The lowest BCUT2D eigenvalue weighted by molar-refractivity contribution is 0.646. The van der Waals surface area contributed by atoms with E-state index in [1.165, 1.54) is 0 Å². The van der Waals surface area contributed by atoms with Gasteiger partial charge in [0.1, 0.15) is 0 Å². The number of hydrogen-bond donors (Lipinski definition) is 1. The summed E-state index contributed by atoms with van der Waals surface area (Å²) >= 11 is 3.45. The number of rotatable bonds is 4. The van der Waals surface area contributed by atoms with Crippen molar-refractivity contribution in [3.8, 4) is 0 Å². The molecule has 1 aromatic heterocycles. The Hall–Kier alpha value is -0.0600. The van der Waals surface area contributed by atoms with Crippen LogP contribution in [0.1, 0.15) is 19.0 Å². The SMILES string of the molecule is CCCNCc1nn(C)cc1Br.Cl. The predicted octanol–water partition coefficient (Wildman–Crippen LogP) is 2.10. The Morgan fingerprint density at radius 1 is 1.62 bits per heavy atom. The molecule has 0 saturated heterocycles. The summed E-state index contributed by atoms with van der Waals surface area (Å²) in [5.41, 5.74) is 1.07. The fourth-order valence-electron chi connectivity index (χ4n) is 1.01. The first-order chi connectivity index (χ1) is 5.74. The minimum Gasteiger partial charge on any atom is -0.311 e. The molecule has 0 aromatic carbocycles. The zero-order chi connectivity index (χ0) is 8.97. The number of halogens is 2. The van der Waals surface area contributed by atoms with Gasteiger partial charge in [-0.15, -0.1) is 12.4 Å². The predicted molar refractivity (Wildman–Crippen MR) is 60.2 cm³/mol. The van der Waals surface area contributed by atoms with Gasteiger partial charge in [-0.05, 0) is 28.9 Å². The van der Waals surface area contributed by atoms with E-state index in [1.54, 1.807) is 0 Å². The molecule has 0 atom stereocenters. The normalized spacial score (nSPS) is 9.77. The number of hydrogen-bond acceptors (Lipinski definition) is 2. The van der Waals surface area contributed by atoms with Gasteiger partial charge in [-0.25, -0.2) is 0 Å². The first-order valence-corrected chi connectivity index (χ1v) is 4.92. The Morgan fingerprint density at radius 3 is 2.77 bits per heavy atom. The smallest absolute Gasteiger partial charge is 0.0904 e. The molecule has 0 aliphatic rings. The van der Waals surface area contributed by atoms with Gasteiger partial charge in [0.05, 0.1) is 10.2 Å². The van der Waals surface area contributed by atoms with Crippen LogP contribution < -0.4 is 5.32 Å². The van der Waals surface area contributed by atoms with Crippen molar-refractivity contribution in [2.45, 2.75) is 19.9 Å². The highest BCUT2D eigenvalue weighted by Crippen LogP contribution is 2.13. The first-order valence-electron chi connectivity index (χ1n) is 4.12. The van der Waals surface area contributed by atoms with E-state index in [0.717, 1.165) is 29.7 Å². The van der Waals surface area contributed by atoms with E-state index in [1.807, 2.05) is 17.9 Å². The van der Waals surface area contributed by atoms with Crippen LogP contribution in [-0.4, -0.2) is 16.3 Å². The zero-order valence-electron chi connectivity index (χ0n) is 7.88. The lowest BCUT2D eigenvalue weighted by Crippen LogP contribution is -2.14. The molecule has 0 radical (unpaired) electrons. The van der Waals surface area contributed by atoms with Crippen molar-refractivity contribution < 1.29 is 0 Å². The van der Waals surface area contributed by atoms with Crippen LogP contribution >= 0.6 is 28.3 Å². The molecular formula is C8H15BrClN3. The summed E-state index contributed by atoms with van der Waals surface area (Å²) in [4.78, 5) is 0. The van der Waals surface area contributed by atoms with Gasteiger partial charge in [0.2, 0.25) is 0 Å². The van der Waals surface area contributed by atoms with E-state index in [4.69, 9.17) is 0 Å². The van der Waals surface area contributed by atoms with Gasteiger partial charge in [0.15, 0.2) is 0 Å². The third kappa shape index (κ3) is 4.11. The fraction of sp³-hybridized carbons (Fsp3) is 0.625. The van der Waals surface area contributed by atoms with E-state index < -0.39 is 0 Å². The molecule has 0 unspecified atom stereocenters. The molecule has 1 heterocycles. The maximum atomic E-state index is 4.29. The molecule has 5 heteroatoms. The summed E-state index contributed by atoms with van der Waals surface area (Å²) in [6.07, 6.45) is 3.12. The van der Waals surface area contributed by atoms with E-state index in [9.17, 15) is 0 Å². The molecule has 0 amide bonds. The highest BCUT2D eigenvalue weighted by Gasteiger charge is 2.02. The van der Waals surface area contributed by atoms with Crippen LogP contribution in [0.2, 0.25) is 0 Å². The van der Waals surface area contributed by atoms with Crippen molar-refractivity contribution in [1.29, 1.82) is 0 Å².